The third-order valence-electron chi connectivity index (χ3n) is 5.45. The van der Waals surface area contributed by atoms with E-state index in [2.05, 4.69) is 25.5 Å². The smallest absolute Gasteiger partial charge is 0.286 e. The number of hydrogen-bond donors (Lipinski definition) is 2. The highest BCUT2D eigenvalue weighted by atomic mass is 32.1. The number of aromatic amines is 1. The number of benzene rings is 1. The molecule has 5 rings (SSSR count). The number of rotatable bonds is 4. The molecule has 1 aromatic carbocycles. The van der Waals surface area contributed by atoms with Crippen LogP contribution >= 0.6 is 11.3 Å². The normalized spacial score (nSPS) is 15.6. The third-order valence-corrected chi connectivity index (χ3v) is 6.42. The Kier molecular flexibility index (Phi) is 5.42. The van der Waals surface area contributed by atoms with Crippen LogP contribution < -0.4 is 10.2 Å². The average molecular weight is 494 g/mol. The second-order valence-electron chi connectivity index (χ2n) is 7.75. The van der Waals surface area contributed by atoms with Gasteiger partial charge in [0.2, 0.25) is 5.01 Å². The van der Waals surface area contributed by atoms with Crippen molar-refractivity contribution in [1.29, 1.82) is 0 Å². The van der Waals surface area contributed by atoms with E-state index in [0.717, 1.165) is 29.5 Å². The van der Waals surface area contributed by atoms with Crippen LogP contribution in [-0.2, 0) is 0 Å². The Hall–Kier alpha value is -3.61. The lowest BCUT2D eigenvalue weighted by Gasteiger charge is -2.32. The number of pyridine rings is 1. The first kappa shape index (κ1) is 22.2. The Bertz CT molecular complexity index is 1390. The quantitative estimate of drug-likeness (QED) is 0.391. The minimum Gasteiger partial charge on any atom is -0.359 e. The molecule has 4 heterocycles. The van der Waals surface area contributed by atoms with Gasteiger partial charge in [-0.05, 0) is 12.1 Å². The molecule has 0 unspecified atom stereocenters. The van der Waals surface area contributed by atoms with Crippen molar-refractivity contribution in [2.45, 2.75) is 18.8 Å². The summed E-state index contributed by atoms with van der Waals surface area (Å²) in [6.07, 6.45) is 1.98. The van der Waals surface area contributed by atoms with Crippen LogP contribution in [0.4, 0.5) is 33.5 Å². The standard InChI is InChI=1S/C21H15F5N6OS/c22-12-6-11-15(7-13(12)23)27-9-16(11)29-18(33)20-31-30-19(34-20)10-5-14(24)17(28-8-10)32-3-1-21(25,26)2-4-32/h5-9,27H,1-4H2,(H,29,33). The molecular formula is C21H15F5N6OS. The van der Waals surface area contributed by atoms with Gasteiger partial charge in [-0.2, -0.15) is 0 Å². The number of halogens is 5. The van der Waals surface area contributed by atoms with Crippen molar-refractivity contribution >= 4 is 39.7 Å². The number of piperidine rings is 1. The first-order valence-electron chi connectivity index (χ1n) is 10.1. The number of nitrogens with one attached hydrogen (secondary N) is 2. The number of amides is 1. The Labute approximate surface area is 192 Å². The maximum absolute atomic E-state index is 14.7. The molecule has 176 valence electrons. The van der Waals surface area contributed by atoms with E-state index in [-0.39, 0.29) is 58.4 Å². The molecule has 7 nitrogen and oxygen atoms in total. The van der Waals surface area contributed by atoms with Gasteiger partial charge in [-0.25, -0.2) is 26.9 Å². The first-order chi connectivity index (χ1) is 16.2. The van der Waals surface area contributed by atoms with Crippen molar-refractivity contribution in [1.82, 2.24) is 20.2 Å². The molecule has 0 aliphatic carbocycles. The number of carbonyl (C=O) groups excluding carboxylic acids is 1. The number of fused-ring (bicyclic) bond motifs is 1. The number of hydrogen-bond acceptors (Lipinski definition) is 6. The van der Waals surface area contributed by atoms with Crippen LogP contribution in [0, 0.1) is 17.5 Å². The predicted octanol–water partition coefficient (Wildman–Crippen LogP) is 4.99. The molecule has 3 aromatic heterocycles. The van der Waals surface area contributed by atoms with Crippen molar-refractivity contribution in [2.75, 3.05) is 23.3 Å². The lowest BCUT2D eigenvalue weighted by Crippen LogP contribution is -2.40. The van der Waals surface area contributed by atoms with Crippen molar-refractivity contribution in [3.05, 3.63) is 53.1 Å². The van der Waals surface area contributed by atoms with Gasteiger partial charge in [-0.15, -0.1) is 10.2 Å². The van der Waals surface area contributed by atoms with Crippen LogP contribution in [-0.4, -0.2) is 45.1 Å². The average Bonchev–Trinajstić information content (AvgIpc) is 3.43. The summed E-state index contributed by atoms with van der Waals surface area (Å²) in [4.78, 5) is 20.9. The molecule has 1 fully saturated rings. The second-order valence-corrected chi connectivity index (χ2v) is 8.73. The number of alkyl halides is 2. The zero-order valence-corrected chi connectivity index (χ0v) is 18.0. The van der Waals surface area contributed by atoms with Crippen LogP contribution in [0.5, 0.6) is 0 Å². The van der Waals surface area contributed by atoms with Crippen molar-refractivity contribution in [2.24, 2.45) is 0 Å². The van der Waals surface area contributed by atoms with E-state index >= 15 is 0 Å². The van der Waals surface area contributed by atoms with E-state index in [9.17, 15) is 26.7 Å². The van der Waals surface area contributed by atoms with Gasteiger partial charge in [0.15, 0.2) is 23.3 Å². The molecule has 0 radical (unpaired) electrons. The zero-order valence-electron chi connectivity index (χ0n) is 17.2. The van der Waals surface area contributed by atoms with E-state index < -0.39 is 29.3 Å². The lowest BCUT2D eigenvalue weighted by molar-refractivity contribution is -0.0222. The molecule has 1 aliphatic heterocycles. The van der Waals surface area contributed by atoms with Gasteiger partial charge in [-0.1, -0.05) is 11.3 Å². The molecule has 1 amide bonds. The number of H-pyrrole nitrogens is 1. The van der Waals surface area contributed by atoms with Gasteiger partial charge in [0.25, 0.3) is 11.8 Å². The van der Waals surface area contributed by atoms with Crippen molar-refractivity contribution < 1.29 is 26.7 Å². The van der Waals surface area contributed by atoms with Crippen LogP contribution in [0.3, 0.4) is 0 Å². The maximum Gasteiger partial charge on any atom is 0.286 e. The van der Waals surface area contributed by atoms with Gasteiger partial charge in [0.05, 0.1) is 11.2 Å². The predicted molar refractivity (Wildman–Crippen MR) is 116 cm³/mol. The van der Waals surface area contributed by atoms with Crippen molar-refractivity contribution in [3.63, 3.8) is 0 Å². The van der Waals surface area contributed by atoms with Crippen LogP contribution in [0.25, 0.3) is 21.5 Å². The highest BCUT2D eigenvalue weighted by Crippen LogP contribution is 2.33. The van der Waals surface area contributed by atoms with E-state index in [0.29, 0.717) is 5.52 Å². The molecule has 0 spiro atoms. The van der Waals surface area contributed by atoms with Gasteiger partial charge in [0, 0.05) is 55.3 Å². The van der Waals surface area contributed by atoms with Gasteiger partial charge in [-0.3, -0.25) is 4.79 Å². The highest BCUT2D eigenvalue weighted by Gasteiger charge is 2.35. The van der Waals surface area contributed by atoms with E-state index in [4.69, 9.17) is 0 Å². The number of carbonyl (C=O) groups is 1. The van der Waals surface area contributed by atoms with Crippen LogP contribution in [0.2, 0.25) is 0 Å². The molecule has 34 heavy (non-hydrogen) atoms. The molecule has 0 bridgehead atoms. The fraction of sp³-hybridized carbons (Fsp3) is 0.238. The van der Waals surface area contributed by atoms with E-state index in [1.54, 1.807) is 0 Å². The summed E-state index contributed by atoms with van der Waals surface area (Å²) in [5.41, 5.74) is 0.788. The number of nitrogens with zero attached hydrogens (tertiary/aromatic N) is 4. The van der Waals surface area contributed by atoms with Gasteiger partial charge >= 0.3 is 0 Å². The number of aromatic nitrogens is 4. The molecule has 4 aromatic rings. The summed E-state index contributed by atoms with van der Waals surface area (Å²) in [6, 6.07) is 3.10. The Morgan fingerprint density at radius 1 is 1.06 bits per heavy atom. The highest BCUT2D eigenvalue weighted by molar-refractivity contribution is 7.16. The molecule has 2 N–H and O–H groups in total. The Balaban J connectivity index is 1.32. The lowest BCUT2D eigenvalue weighted by atomic mass is 10.1. The fourth-order valence-electron chi connectivity index (χ4n) is 3.65. The minimum absolute atomic E-state index is 0.0101. The SMILES string of the molecule is O=C(Nc1c[nH]c2cc(F)c(F)cc12)c1nnc(-c2cnc(N3CCC(F)(F)CC3)c(F)c2)s1. The molecule has 1 aliphatic rings. The molecule has 0 atom stereocenters. The van der Waals surface area contributed by atoms with Crippen molar-refractivity contribution in [3.8, 4) is 10.6 Å². The van der Waals surface area contributed by atoms with Gasteiger partial charge < -0.3 is 15.2 Å². The van der Waals surface area contributed by atoms with E-state index in [1.165, 1.54) is 17.3 Å². The largest absolute Gasteiger partial charge is 0.359 e. The molecule has 1 saturated heterocycles. The van der Waals surface area contributed by atoms with Crippen LogP contribution in [0.15, 0.2) is 30.6 Å². The summed E-state index contributed by atoms with van der Waals surface area (Å²) in [7, 11) is 0. The second kappa shape index (κ2) is 8.31. The summed E-state index contributed by atoms with van der Waals surface area (Å²) < 4.78 is 68.3. The summed E-state index contributed by atoms with van der Waals surface area (Å²) in [5, 5.41) is 10.7. The fourth-order valence-corrected chi connectivity index (χ4v) is 4.37. The summed E-state index contributed by atoms with van der Waals surface area (Å²) in [5.74, 6) is -6.20. The first-order valence-corrected chi connectivity index (χ1v) is 10.9. The van der Waals surface area contributed by atoms with Crippen LogP contribution in [0.1, 0.15) is 22.6 Å². The number of anilines is 2. The monoisotopic (exact) mass is 494 g/mol. The summed E-state index contributed by atoms with van der Waals surface area (Å²) >= 11 is 0.879. The topological polar surface area (TPSA) is 86.8 Å². The molecular weight excluding hydrogens is 479 g/mol. The van der Waals surface area contributed by atoms with Gasteiger partial charge in [0.1, 0.15) is 5.01 Å². The minimum atomic E-state index is -2.76. The summed E-state index contributed by atoms with van der Waals surface area (Å²) in [6.45, 7) is -0.0203. The maximum atomic E-state index is 14.7. The Morgan fingerprint density at radius 2 is 1.79 bits per heavy atom. The molecule has 13 heteroatoms. The van der Waals surface area contributed by atoms with E-state index in [1.807, 2.05) is 0 Å². The zero-order chi connectivity index (χ0) is 24.0. The molecule has 0 saturated carbocycles. The third kappa shape index (κ3) is 4.18. The Morgan fingerprint density at radius 3 is 2.53 bits per heavy atom.